The molecule has 178 valence electrons. The van der Waals surface area contributed by atoms with Crippen molar-refractivity contribution in [1.82, 2.24) is 10.2 Å². The average Bonchev–Trinajstić information content (AvgIpc) is 3.42. The van der Waals surface area contributed by atoms with Crippen molar-refractivity contribution in [1.29, 1.82) is 0 Å². The van der Waals surface area contributed by atoms with Crippen molar-refractivity contribution in [3.05, 3.63) is 57.8 Å². The lowest BCUT2D eigenvalue weighted by Gasteiger charge is -2.18. The van der Waals surface area contributed by atoms with E-state index < -0.39 is 32.7 Å². The fraction of sp³-hybridized carbons (Fsp3) is 0.304. The number of rotatable bonds is 7. The third kappa shape index (κ3) is 5.26. The maximum Gasteiger partial charge on any atom is 0.341 e. The van der Waals surface area contributed by atoms with Crippen LogP contribution in [0.1, 0.15) is 45.6 Å². The van der Waals surface area contributed by atoms with Crippen molar-refractivity contribution in [2.75, 3.05) is 18.2 Å². The smallest absolute Gasteiger partial charge is 0.341 e. The van der Waals surface area contributed by atoms with E-state index in [1.807, 2.05) is 30.3 Å². The van der Waals surface area contributed by atoms with Crippen LogP contribution in [0.4, 0.5) is 5.00 Å². The van der Waals surface area contributed by atoms with Crippen LogP contribution in [0, 0.1) is 5.92 Å². The Morgan fingerprint density at radius 2 is 2.00 bits per heavy atom. The highest BCUT2D eigenvalue weighted by Gasteiger charge is 2.31. The number of ether oxygens (including phenoxy) is 1. The molecule has 2 aromatic heterocycles. The van der Waals surface area contributed by atoms with Gasteiger partial charge in [-0.2, -0.15) is 0 Å². The fourth-order valence-electron chi connectivity index (χ4n) is 3.70. The van der Waals surface area contributed by atoms with Crippen molar-refractivity contribution < 1.29 is 27.2 Å². The molecule has 1 aliphatic rings. The Bertz CT molecular complexity index is 1340. The van der Waals surface area contributed by atoms with Gasteiger partial charge in [-0.25, -0.2) is 13.2 Å². The Kier molecular flexibility index (Phi) is 6.94. The minimum Gasteiger partial charge on any atom is -0.465 e. The van der Waals surface area contributed by atoms with Crippen LogP contribution in [0.5, 0.6) is 0 Å². The van der Waals surface area contributed by atoms with Gasteiger partial charge < -0.3 is 14.5 Å². The molecular formula is C23H23N3O6S2. The van der Waals surface area contributed by atoms with Crippen molar-refractivity contribution in [2.24, 2.45) is 5.92 Å². The second-order valence-electron chi connectivity index (χ2n) is 8.00. The molecule has 1 unspecified atom stereocenters. The molecule has 11 heteroatoms. The lowest BCUT2D eigenvalue weighted by atomic mass is 9.88. The quantitative estimate of drug-likeness (QED) is 0.486. The number of sulfone groups is 1. The Balaban J connectivity index is 1.49. The summed E-state index contributed by atoms with van der Waals surface area (Å²) in [6.07, 6.45) is 5.60. The Morgan fingerprint density at radius 1 is 1.24 bits per heavy atom. The zero-order valence-corrected chi connectivity index (χ0v) is 20.2. The van der Waals surface area contributed by atoms with Gasteiger partial charge in [0.05, 0.1) is 12.7 Å². The largest absolute Gasteiger partial charge is 0.465 e. The van der Waals surface area contributed by atoms with Gasteiger partial charge in [0.2, 0.25) is 21.6 Å². The maximum absolute atomic E-state index is 12.7. The van der Waals surface area contributed by atoms with E-state index in [-0.39, 0.29) is 5.89 Å². The molecule has 9 nitrogen and oxygen atoms in total. The zero-order valence-electron chi connectivity index (χ0n) is 18.6. The van der Waals surface area contributed by atoms with Gasteiger partial charge in [-0.15, -0.1) is 16.4 Å². The molecular weight excluding hydrogens is 478 g/mol. The van der Waals surface area contributed by atoms with E-state index in [1.165, 1.54) is 24.5 Å². The monoisotopic (exact) mass is 501 g/mol. The number of aromatic nitrogens is 2. The molecule has 34 heavy (non-hydrogen) atoms. The topological polar surface area (TPSA) is 128 Å². The molecule has 3 aromatic rings. The molecule has 2 heterocycles. The van der Waals surface area contributed by atoms with Crippen LogP contribution < -0.4 is 5.32 Å². The summed E-state index contributed by atoms with van der Waals surface area (Å²) in [5, 5.41) is 9.51. The molecule has 4 rings (SSSR count). The summed E-state index contributed by atoms with van der Waals surface area (Å²) in [6.45, 7) is 2.12. The highest BCUT2D eigenvalue weighted by molar-refractivity contribution is 7.91. The van der Waals surface area contributed by atoms with Gasteiger partial charge in [0.15, 0.2) is 0 Å². The first kappa shape index (κ1) is 23.8. The summed E-state index contributed by atoms with van der Waals surface area (Å²) >= 11 is 1.28. The Labute approximate surface area is 200 Å². The summed E-state index contributed by atoms with van der Waals surface area (Å²) in [7, 11) is -2.92. The lowest BCUT2D eigenvalue weighted by molar-refractivity contribution is -0.113. The number of hydrogen-bond acceptors (Lipinski definition) is 9. The van der Waals surface area contributed by atoms with Crippen LogP contribution in [-0.2, 0) is 32.2 Å². The number of anilines is 1. The number of carbonyl (C=O) groups is 2. The first-order chi connectivity index (χ1) is 16.3. The van der Waals surface area contributed by atoms with Crippen molar-refractivity contribution in [3.63, 3.8) is 0 Å². The zero-order chi connectivity index (χ0) is 24.3. The van der Waals surface area contributed by atoms with Crippen molar-refractivity contribution in [3.8, 4) is 0 Å². The number of fused-ring (bicyclic) bond motifs is 1. The SMILES string of the molecule is COC(=O)c1c(NC(=O)CS(=O)(=O)c2nnc(C=Cc3ccccc3)o2)sc2c1CCC(C)C2. The van der Waals surface area contributed by atoms with Gasteiger partial charge in [0, 0.05) is 11.0 Å². The summed E-state index contributed by atoms with van der Waals surface area (Å²) in [4.78, 5) is 26.0. The molecule has 1 amide bonds. The number of nitrogens with one attached hydrogen (secondary N) is 1. The second kappa shape index (κ2) is 9.90. The Hall–Kier alpha value is -3.31. The van der Waals surface area contributed by atoms with Gasteiger partial charge in [-0.3, -0.25) is 4.79 Å². The maximum atomic E-state index is 12.7. The predicted molar refractivity (Wildman–Crippen MR) is 127 cm³/mol. The minimum absolute atomic E-state index is 0.00383. The van der Waals surface area contributed by atoms with Crippen LogP contribution in [0.15, 0.2) is 40.0 Å². The number of amides is 1. The molecule has 1 aromatic carbocycles. The molecule has 0 saturated heterocycles. The molecule has 1 aliphatic carbocycles. The summed E-state index contributed by atoms with van der Waals surface area (Å²) in [5.41, 5.74) is 2.03. The molecule has 0 aliphatic heterocycles. The number of esters is 1. The minimum atomic E-state index is -4.19. The number of nitrogens with zero attached hydrogens (tertiary/aromatic N) is 2. The molecule has 1 N–H and O–H groups in total. The van der Waals surface area contributed by atoms with Crippen molar-refractivity contribution in [2.45, 2.75) is 31.4 Å². The summed E-state index contributed by atoms with van der Waals surface area (Å²) in [6, 6.07) is 9.32. The number of methoxy groups -OCH3 is 1. The highest BCUT2D eigenvalue weighted by Crippen LogP contribution is 2.40. The van der Waals surface area contributed by atoms with Gasteiger partial charge in [0.1, 0.15) is 10.8 Å². The third-order valence-corrected chi connectivity index (χ3v) is 7.89. The van der Waals surface area contributed by atoms with Gasteiger partial charge >= 0.3 is 11.2 Å². The van der Waals surface area contributed by atoms with E-state index in [1.54, 1.807) is 6.08 Å². The molecule has 0 saturated carbocycles. The number of carbonyl (C=O) groups excluding carboxylic acids is 2. The van der Waals surface area contributed by atoms with E-state index >= 15 is 0 Å². The van der Waals surface area contributed by atoms with E-state index in [0.29, 0.717) is 22.9 Å². The van der Waals surface area contributed by atoms with Crippen LogP contribution in [-0.4, -0.2) is 43.4 Å². The third-order valence-electron chi connectivity index (χ3n) is 5.38. The van der Waals surface area contributed by atoms with Gasteiger partial charge in [-0.1, -0.05) is 42.4 Å². The molecule has 0 spiro atoms. The molecule has 0 radical (unpaired) electrons. The van der Waals surface area contributed by atoms with E-state index in [4.69, 9.17) is 9.15 Å². The number of thiophene rings is 1. The average molecular weight is 502 g/mol. The Morgan fingerprint density at radius 3 is 2.74 bits per heavy atom. The molecule has 0 fully saturated rings. The second-order valence-corrected chi connectivity index (χ2v) is 11.0. The van der Waals surface area contributed by atoms with E-state index in [0.717, 1.165) is 28.8 Å². The lowest BCUT2D eigenvalue weighted by Crippen LogP contribution is -2.24. The van der Waals surface area contributed by atoms with Crippen LogP contribution in [0.2, 0.25) is 0 Å². The number of hydrogen-bond donors (Lipinski definition) is 1. The normalized spacial score (nSPS) is 15.8. The number of benzene rings is 1. The van der Waals surface area contributed by atoms with E-state index in [2.05, 4.69) is 22.4 Å². The van der Waals surface area contributed by atoms with Crippen LogP contribution in [0.3, 0.4) is 0 Å². The highest BCUT2D eigenvalue weighted by atomic mass is 32.2. The standard InChI is InChI=1S/C23H23N3O6S2/c1-14-8-10-16-17(12-14)33-21(20(16)22(28)31-2)24-18(27)13-34(29,30)23-26-25-19(32-23)11-9-15-6-4-3-5-7-15/h3-7,9,11,14H,8,10,12-13H2,1-2H3,(H,24,27). The van der Waals surface area contributed by atoms with E-state index in [9.17, 15) is 18.0 Å². The van der Waals surface area contributed by atoms with Crippen LogP contribution >= 0.6 is 11.3 Å². The first-order valence-corrected chi connectivity index (χ1v) is 13.1. The first-order valence-electron chi connectivity index (χ1n) is 10.6. The summed E-state index contributed by atoms with van der Waals surface area (Å²) < 4.78 is 35.5. The molecule has 1 atom stereocenters. The predicted octanol–water partition coefficient (Wildman–Crippen LogP) is 3.63. The van der Waals surface area contributed by atoms with Crippen molar-refractivity contribution >= 4 is 50.2 Å². The van der Waals surface area contributed by atoms with Gasteiger partial charge in [0.25, 0.3) is 0 Å². The summed E-state index contributed by atoms with van der Waals surface area (Å²) in [5.74, 6) is -1.82. The van der Waals surface area contributed by atoms with Gasteiger partial charge in [-0.05, 0) is 42.4 Å². The molecule has 0 bridgehead atoms. The van der Waals surface area contributed by atoms with Crippen LogP contribution in [0.25, 0.3) is 12.2 Å². The fourth-order valence-corrected chi connectivity index (χ4v) is 6.03.